The normalized spacial score (nSPS) is 23.2. The molecule has 0 saturated carbocycles. The fraction of sp³-hybridized carbons (Fsp3) is 0.529. The van der Waals surface area contributed by atoms with Crippen LogP contribution < -0.4 is 5.32 Å². The Labute approximate surface area is 126 Å². The molecule has 2 amide bonds. The summed E-state index contributed by atoms with van der Waals surface area (Å²) in [5.74, 6) is 0.0675. The average molecular weight is 288 g/mol. The van der Waals surface area contributed by atoms with Crippen molar-refractivity contribution >= 4 is 11.8 Å². The number of carbonyl (C=O) groups is 2. The Morgan fingerprint density at radius 3 is 2.67 bits per heavy atom. The highest BCUT2D eigenvalue weighted by Gasteiger charge is 2.35. The monoisotopic (exact) mass is 288 g/mol. The van der Waals surface area contributed by atoms with Crippen LogP contribution in [0.25, 0.3) is 0 Å². The Kier molecular flexibility index (Phi) is 4.66. The molecule has 21 heavy (non-hydrogen) atoms. The van der Waals surface area contributed by atoms with Crippen molar-refractivity contribution in [1.29, 1.82) is 0 Å². The van der Waals surface area contributed by atoms with E-state index in [0.717, 1.165) is 5.56 Å². The summed E-state index contributed by atoms with van der Waals surface area (Å²) in [5, 5.41) is 2.86. The first-order valence-corrected chi connectivity index (χ1v) is 7.54. The van der Waals surface area contributed by atoms with E-state index in [9.17, 15) is 9.59 Å². The molecule has 114 valence electrons. The maximum atomic E-state index is 12.7. The summed E-state index contributed by atoms with van der Waals surface area (Å²) in [5.41, 5.74) is 2.28. The van der Waals surface area contributed by atoms with Gasteiger partial charge < -0.3 is 10.2 Å². The number of hydrogen-bond donors (Lipinski definition) is 1. The number of carbonyl (C=O) groups excluding carboxylic acids is 2. The van der Waals surface area contributed by atoms with Crippen LogP contribution in [0, 0.1) is 12.8 Å². The summed E-state index contributed by atoms with van der Waals surface area (Å²) in [6, 6.07) is 7.65. The second-order valence-corrected chi connectivity index (χ2v) is 6.30. The Bertz CT molecular complexity index is 539. The van der Waals surface area contributed by atoms with Crippen LogP contribution in [0.5, 0.6) is 0 Å². The lowest BCUT2D eigenvalue weighted by Gasteiger charge is -2.30. The third-order valence-electron chi connectivity index (χ3n) is 3.98. The second kappa shape index (κ2) is 6.29. The van der Waals surface area contributed by atoms with Crippen LogP contribution in [0.3, 0.4) is 0 Å². The third-order valence-corrected chi connectivity index (χ3v) is 3.98. The van der Waals surface area contributed by atoms with E-state index < -0.39 is 6.04 Å². The third kappa shape index (κ3) is 3.63. The van der Waals surface area contributed by atoms with Crippen molar-refractivity contribution in [2.24, 2.45) is 5.92 Å². The molecule has 0 radical (unpaired) electrons. The standard InChI is InChI=1S/C17H24N2O2/c1-11(2)16-17(21)19(13(4)9-15(20)18-16)10-14-7-5-6-12(3)8-14/h5-8,11,13,16H,9-10H2,1-4H3,(H,18,20). The second-order valence-electron chi connectivity index (χ2n) is 6.30. The molecule has 1 fully saturated rings. The fourth-order valence-electron chi connectivity index (χ4n) is 2.76. The van der Waals surface area contributed by atoms with E-state index >= 15 is 0 Å². The predicted octanol–water partition coefficient (Wildman–Crippen LogP) is 2.26. The van der Waals surface area contributed by atoms with Gasteiger partial charge in [-0.3, -0.25) is 9.59 Å². The molecule has 1 aromatic carbocycles. The van der Waals surface area contributed by atoms with Gasteiger partial charge in [-0.05, 0) is 25.3 Å². The molecule has 4 heteroatoms. The van der Waals surface area contributed by atoms with Crippen molar-refractivity contribution in [3.8, 4) is 0 Å². The molecule has 1 aliphatic rings. The molecule has 1 N–H and O–H groups in total. The summed E-state index contributed by atoms with van der Waals surface area (Å²) >= 11 is 0. The number of amides is 2. The highest BCUT2D eigenvalue weighted by atomic mass is 16.2. The van der Waals surface area contributed by atoms with Gasteiger partial charge in [0.2, 0.25) is 11.8 Å². The zero-order chi connectivity index (χ0) is 15.6. The molecule has 2 unspecified atom stereocenters. The topological polar surface area (TPSA) is 49.4 Å². The molecular weight excluding hydrogens is 264 g/mol. The lowest BCUT2D eigenvalue weighted by molar-refractivity contribution is -0.136. The predicted molar refractivity (Wildman–Crippen MR) is 82.6 cm³/mol. The zero-order valence-corrected chi connectivity index (χ0v) is 13.2. The van der Waals surface area contributed by atoms with Gasteiger partial charge in [-0.15, -0.1) is 0 Å². The van der Waals surface area contributed by atoms with Gasteiger partial charge in [0.1, 0.15) is 6.04 Å². The largest absolute Gasteiger partial charge is 0.344 e. The number of nitrogens with one attached hydrogen (secondary N) is 1. The van der Waals surface area contributed by atoms with Crippen LogP contribution in [-0.4, -0.2) is 28.8 Å². The minimum absolute atomic E-state index is 0.0184. The number of aryl methyl sites for hydroxylation is 1. The van der Waals surface area contributed by atoms with Crippen LogP contribution >= 0.6 is 0 Å². The lowest BCUT2D eigenvalue weighted by Crippen LogP contribution is -2.48. The van der Waals surface area contributed by atoms with Crippen molar-refractivity contribution in [2.45, 2.75) is 52.7 Å². The minimum atomic E-state index is -0.424. The Morgan fingerprint density at radius 1 is 1.33 bits per heavy atom. The van der Waals surface area contributed by atoms with Crippen molar-refractivity contribution in [3.05, 3.63) is 35.4 Å². The van der Waals surface area contributed by atoms with Gasteiger partial charge in [-0.25, -0.2) is 0 Å². The smallest absolute Gasteiger partial charge is 0.245 e. The maximum absolute atomic E-state index is 12.7. The molecule has 0 bridgehead atoms. The molecule has 1 saturated heterocycles. The van der Waals surface area contributed by atoms with E-state index in [1.54, 1.807) is 0 Å². The van der Waals surface area contributed by atoms with Crippen LogP contribution in [0.4, 0.5) is 0 Å². The van der Waals surface area contributed by atoms with Crippen LogP contribution in [0.1, 0.15) is 38.3 Å². The Balaban J connectivity index is 2.25. The van der Waals surface area contributed by atoms with Crippen molar-refractivity contribution in [3.63, 3.8) is 0 Å². The van der Waals surface area contributed by atoms with Gasteiger partial charge in [0.05, 0.1) is 0 Å². The number of nitrogens with zero attached hydrogens (tertiary/aromatic N) is 1. The molecule has 0 aromatic heterocycles. The molecular formula is C17H24N2O2. The highest BCUT2D eigenvalue weighted by Crippen LogP contribution is 2.19. The molecule has 0 aliphatic carbocycles. The molecule has 2 rings (SSSR count). The minimum Gasteiger partial charge on any atom is -0.344 e. The molecule has 1 heterocycles. The molecule has 1 aromatic rings. The van der Waals surface area contributed by atoms with E-state index in [2.05, 4.69) is 11.4 Å². The summed E-state index contributed by atoms with van der Waals surface area (Å²) in [4.78, 5) is 26.5. The van der Waals surface area contributed by atoms with Gasteiger partial charge in [0, 0.05) is 19.0 Å². The summed E-state index contributed by atoms with van der Waals surface area (Å²) in [6.45, 7) is 8.46. The van der Waals surface area contributed by atoms with Gasteiger partial charge in [0.15, 0.2) is 0 Å². The van der Waals surface area contributed by atoms with E-state index in [1.165, 1.54) is 5.56 Å². The quantitative estimate of drug-likeness (QED) is 0.927. The fourth-order valence-corrected chi connectivity index (χ4v) is 2.76. The van der Waals surface area contributed by atoms with Gasteiger partial charge in [-0.1, -0.05) is 43.7 Å². The number of hydrogen-bond acceptors (Lipinski definition) is 2. The summed E-state index contributed by atoms with van der Waals surface area (Å²) in [6.07, 6.45) is 0.362. The van der Waals surface area contributed by atoms with E-state index in [-0.39, 0.29) is 23.8 Å². The molecule has 4 nitrogen and oxygen atoms in total. The van der Waals surface area contributed by atoms with E-state index in [0.29, 0.717) is 13.0 Å². The zero-order valence-electron chi connectivity index (χ0n) is 13.2. The average Bonchev–Trinajstić information content (AvgIpc) is 2.50. The van der Waals surface area contributed by atoms with Crippen LogP contribution in [-0.2, 0) is 16.1 Å². The first kappa shape index (κ1) is 15.5. The SMILES string of the molecule is Cc1cccc(CN2C(=O)C(C(C)C)NC(=O)CC2C)c1. The summed E-state index contributed by atoms with van der Waals surface area (Å²) < 4.78 is 0. The first-order valence-electron chi connectivity index (χ1n) is 7.54. The maximum Gasteiger partial charge on any atom is 0.245 e. The lowest BCUT2D eigenvalue weighted by atomic mass is 10.0. The molecule has 2 atom stereocenters. The van der Waals surface area contributed by atoms with E-state index in [1.807, 2.05) is 50.8 Å². The van der Waals surface area contributed by atoms with Gasteiger partial charge in [0.25, 0.3) is 0 Å². The Morgan fingerprint density at radius 2 is 2.05 bits per heavy atom. The number of benzene rings is 1. The highest BCUT2D eigenvalue weighted by molar-refractivity contribution is 5.90. The first-order chi connectivity index (χ1) is 9.88. The number of rotatable bonds is 3. The van der Waals surface area contributed by atoms with Gasteiger partial charge >= 0.3 is 0 Å². The summed E-state index contributed by atoms with van der Waals surface area (Å²) in [7, 11) is 0. The van der Waals surface area contributed by atoms with Crippen molar-refractivity contribution < 1.29 is 9.59 Å². The van der Waals surface area contributed by atoms with Crippen molar-refractivity contribution in [1.82, 2.24) is 10.2 Å². The molecule has 1 aliphatic heterocycles. The van der Waals surface area contributed by atoms with Crippen LogP contribution in [0.2, 0.25) is 0 Å². The van der Waals surface area contributed by atoms with E-state index in [4.69, 9.17) is 0 Å². The van der Waals surface area contributed by atoms with Crippen molar-refractivity contribution in [2.75, 3.05) is 0 Å². The molecule has 0 spiro atoms. The van der Waals surface area contributed by atoms with Crippen LogP contribution in [0.15, 0.2) is 24.3 Å². The van der Waals surface area contributed by atoms with Gasteiger partial charge in [-0.2, -0.15) is 0 Å². The Hall–Kier alpha value is -1.84.